The summed E-state index contributed by atoms with van der Waals surface area (Å²) in [5.41, 5.74) is -0.461. The van der Waals surface area contributed by atoms with Crippen LogP contribution in [0.1, 0.15) is 10.4 Å². The van der Waals surface area contributed by atoms with Gasteiger partial charge in [0.25, 0.3) is 5.69 Å². The lowest BCUT2D eigenvalue weighted by molar-refractivity contribution is -0.385. The molecule has 0 atom stereocenters. The van der Waals surface area contributed by atoms with Crippen LogP contribution in [0.25, 0.3) is 0 Å². The van der Waals surface area contributed by atoms with E-state index in [0.29, 0.717) is 6.29 Å². The number of benzene rings is 1. The molecule has 0 unspecified atom stereocenters. The van der Waals surface area contributed by atoms with Crippen molar-refractivity contribution in [3.05, 3.63) is 27.8 Å². The maximum absolute atomic E-state index is 10.7. The van der Waals surface area contributed by atoms with Crippen molar-refractivity contribution >= 4 is 12.0 Å². The molecule has 0 fully saturated rings. The fourth-order valence-corrected chi connectivity index (χ4v) is 1.25. The molecule has 0 radical (unpaired) electrons. The summed E-state index contributed by atoms with van der Waals surface area (Å²) >= 11 is 0. The second kappa shape index (κ2) is 5.80. The minimum absolute atomic E-state index is 0.0199. The molecule has 1 aromatic carbocycles. The Hall–Kier alpha value is -2.15. The summed E-state index contributed by atoms with van der Waals surface area (Å²) < 4.78 is 10.0. The highest BCUT2D eigenvalue weighted by atomic mass is 16.6. The fourth-order valence-electron chi connectivity index (χ4n) is 1.25. The maximum atomic E-state index is 10.7. The number of ether oxygens (including phenoxy) is 2. The number of carbonyl (C=O) groups is 1. The summed E-state index contributed by atoms with van der Waals surface area (Å²) in [6, 6.07) is 2.32. The number of nitro groups is 1. The molecule has 0 aliphatic rings. The number of hydrogen-bond acceptors (Lipinski definition) is 6. The zero-order chi connectivity index (χ0) is 12.8. The molecule has 1 rings (SSSR count). The van der Waals surface area contributed by atoms with Gasteiger partial charge in [-0.3, -0.25) is 14.9 Å². The van der Waals surface area contributed by atoms with Crippen LogP contribution in [0.3, 0.4) is 0 Å². The Kier molecular flexibility index (Phi) is 4.41. The number of rotatable bonds is 6. The Balaban J connectivity index is 3.23. The van der Waals surface area contributed by atoms with E-state index in [9.17, 15) is 14.9 Å². The first kappa shape index (κ1) is 12.9. The summed E-state index contributed by atoms with van der Waals surface area (Å²) in [5.74, 6) is 0.310. The average molecular weight is 241 g/mol. The molecule has 0 saturated heterocycles. The molecule has 1 N–H and O–H groups in total. The third-order valence-corrected chi connectivity index (χ3v) is 1.99. The van der Waals surface area contributed by atoms with Crippen molar-refractivity contribution in [2.75, 3.05) is 20.3 Å². The molecular weight excluding hydrogens is 230 g/mol. The number of methoxy groups -OCH3 is 1. The first-order valence-electron chi connectivity index (χ1n) is 4.69. The van der Waals surface area contributed by atoms with Crippen molar-refractivity contribution in [2.24, 2.45) is 0 Å². The largest absolute Gasteiger partial charge is 0.493 e. The second-order valence-electron chi connectivity index (χ2n) is 3.01. The van der Waals surface area contributed by atoms with Crippen LogP contribution in [-0.4, -0.2) is 36.6 Å². The van der Waals surface area contributed by atoms with Crippen molar-refractivity contribution in [2.45, 2.75) is 0 Å². The third-order valence-electron chi connectivity index (χ3n) is 1.99. The smallest absolute Gasteiger partial charge is 0.283 e. The topological polar surface area (TPSA) is 98.9 Å². The first-order valence-corrected chi connectivity index (χ1v) is 4.69. The molecule has 92 valence electrons. The van der Waals surface area contributed by atoms with Gasteiger partial charge < -0.3 is 14.6 Å². The second-order valence-corrected chi connectivity index (χ2v) is 3.01. The van der Waals surface area contributed by atoms with E-state index in [1.54, 1.807) is 0 Å². The monoisotopic (exact) mass is 241 g/mol. The van der Waals surface area contributed by atoms with Crippen molar-refractivity contribution in [1.82, 2.24) is 0 Å². The van der Waals surface area contributed by atoms with Crippen LogP contribution < -0.4 is 9.47 Å². The molecule has 0 spiro atoms. The van der Waals surface area contributed by atoms with Crippen LogP contribution in [-0.2, 0) is 0 Å². The molecule has 0 aromatic heterocycles. The Morgan fingerprint density at radius 1 is 1.47 bits per heavy atom. The first-order chi connectivity index (χ1) is 8.13. The van der Waals surface area contributed by atoms with Gasteiger partial charge in [-0.15, -0.1) is 0 Å². The molecule has 7 nitrogen and oxygen atoms in total. The van der Waals surface area contributed by atoms with Gasteiger partial charge in [0.05, 0.1) is 30.3 Å². The van der Waals surface area contributed by atoms with Gasteiger partial charge in [-0.2, -0.15) is 0 Å². The molecular formula is C10H11NO6. The van der Waals surface area contributed by atoms with Crippen LogP contribution in [0, 0.1) is 10.1 Å². The molecule has 0 saturated carbocycles. The van der Waals surface area contributed by atoms with E-state index in [2.05, 4.69) is 0 Å². The van der Waals surface area contributed by atoms with Gasteiger partial charge in [0.2, 0.25) is 0 Å². The molecule has 7 heteroatoms. The summed E-state index contributed by atoms with van der Waals surface area (Å²) in [5, 5.41) is 19.3. The normalized spacial score (nSPS) is 9.76. The van der Waals surface area contributed by atoms with Crippen molar-refractivity contribution in [3.63, 3.8) is 0 Å². The van der Waals surface area contributed by atoms with Crippen molar-refractivity contribution in [3.8, 4) is 11.5 Å². The minimum Gasteiger partial charge on any atom is -0.493 e. The summed E-state index contributed by atoms with van der Waals surface area (Å²) in [6.07, 6.45) is 0.372. The number of aldehydes is 1. The molecule has 0 aliphatic heterocycles. The number of nitrogens with zero attached hydrogens (tertiary/aromatic N) is 1. The highest BCUT2D eigenvalue weighted by Gasteiger charge is 2.19. The van der Waals surface area contributed by atoms with Gasteiger partial charge >= 0.3 is 0 Å². The zero-order valence-electron chi connectivity index (χ0n) is 9.08. The van der Waals surface area contributed by atoms with E-state index in [1.165, 1.54) is 13.2 Å². The molecule has 17 heavy (non-hydrogen) atoms. The predicted molar refractivity (Wildman–Crippen MR) is 57.6 cm³/mol. The Morgan fingerprint density at radius 3 is 2.65 bits per heavy atom. The number of aliphatic hydroxyl groups is 1. The lowest BCUT2D eigenvalue weighted by Gasteiger charge is -2.10. The van der Waals surface area contributed by atoms with Crippen LogP contribution in [0.4, 0.5) is 5.69 Å². The SMILES string of the molecule is COc1cc(C=O)c([N+](=O)[O-])cc1OCCO. The van der Waals surface area contributed by atoms with Gasteiger partial charge in [-0.25, -0.2) is 0 Å². The van der Waals surface area contributed by atoms with Crippen LogP contribution in [0.2, 0.25) is 0 Å². The van der Waals surface area contributed by atoms with E-state index < -0.39 is 4.92 Å². The minimum atomic E-state index is -0.686. The van der Waals surface area contributed by atoms with E-state index in [1.807, 2.05) is 0 Å². The lowest BCUT2D eigenvalue weighted by atomic mass is 10.1. The summed E-state index contributed by atoms with van der Waals surface area (Å²) in [4.78, 5) is 20.7. The number of aliphatic hydroxyl groups excluding tert-OH is 1. The Bertz CT molecular complexity index is 431. The zero-order valence-corrected chi connectivity index (χ0v) is 9.08. The standard InChI is InChI=1S/C10H11NO6/c1-16-9-4-7(6-13)8(11(14)15)5-10(9)17-3-2-12/h4-6,12H,2-3H2,1H3. The van der Waals surface area contributed by atoms with E-state index in [-0.39, 0.29) is 36.0 Å². The van der Waals surface area contributed by atoms with E-state index in [0.717, 1.165) is 6.07 Å². The molecule has 0 heterocycles. The highest BCUT2D eigenvalue weighted by molar-refractivity contribution is 5.83. The van der Waals surface area contributed by atoms with Crippen LogP contribution >= 0.6 is 0 Å². The predicted octanol–water partition coefficient (Wildman–Crippen LogP) is 0.787. The molecule has 0 amide bonds. The average Bonchev–Trinajstić information content (AvgIpc) is 2.34. The third kappa shape index (κ3) is 2.91. The molecule has 0 aliphatic carbocycles. The maximum Gasteiger partial charge on any atom is 0.283 e. The van der Waals surface area contributed by atoms with E-state index in [4.69, 9.17) is 14.6 Å². The van der Waals surface area contributed by atoms with E-state index >= 15 is 0 Å². The van der Waals surface area contributed by atoms with Crippen LogP contribution in [0.5, 0.6) is 11.5 Å². The quantitative estimate of drug-likeness (QED) is 0.449. The Morgan fingerprint density at radius 2 is 2.18 bits per heavy atom. The van der Waals surface area contributed by atoms with Gasteiger partial charge in [-0.05, 0) is 0 Å². The number of nitro benzene ring substituents is 1. The van der Waals surface area contributed by atoms with Crippen LogP contribution in [0.15, 0.2) is 12.1 Å². The summed E-state index contributed by atoms with van der Waals surface area (Å²) in [7, 11) is 1.35. The van der Waals surface area contributed by atoms with Gasteiger partial charge in [0.15, 0.2) is 17.8 Å². The summed E-state index contributed by atoms with van der Waals surface area (Å²) in [6.45, 7) is -0.250. The number of hydrogen-bond donors (Lipinski definition) is 1. The van der Waals surface area contributed by atoms with Gasteiger partial charge in [0, 0.05) is 6.07 Å². The molecule has 0 bridgehead atoms. The van der Waals surface area contributed by atoms with Crippen molar-refractivity contribution in [1.29, 1.82) is 0 Å². The van der Waals surface area contributed by atoms with Crippen molar-refractivity contribution < 1.29 is 24.3 Å². The number of carbonyl (C=O) groups excluding carboxylic acids is 1. The van der Waals surface area contributed by atoms with Gasteiger partial charge in [0.1, 0.15) is 6.61 Å². The molecule has 1 aromatic rings. The lowest BCUT2D eigenvalue weighted by Crippen LogP contribution is -2.04. The highest BCUT2D eigenvalue weighted by Crippen LogP contribution is 2.33. The fraction of sp³-hybridized carbons (Fsp3) is 0.300. The Labute approximate surface area is 96.7 Å². The van der Waals surface area contributed by atoms with Gasteiger partial charge in [-0.1, -0.05) is 0 Å².